The number of esters is 1. The third-order valence-electron chi connectivity index (χ3n) is 2.98. The highest BCUT2D eigenvalue weighted by molar-refractivity contribution is 5.70. The molecule has 3 heteroatoms. The molecule has 2 atom stereocenters. The molecule has 0 radical (unpaired) electrons. The average Bonchev–Trinajstić information content (AvgIpc) is 2.34. The Balaban J connectivity index is 3.69. The minimum Gasteiger partial charge on any atom is -0.469 e. The van der Waals surface area contributed by atoms with E-state index in [0.29, 0.717) is 12.3 Å². The molecule has 0 aromatic rings. The maximum atomic E-state index is 10.8. The smallest absolute Gasteiger partial charge is 0.309 e. The Morgan fingerprint density at radius 3 is 2.65 bits per heavy atom. The molecule has 0 aliphatic carbocycles. The minimum atomic E-state index is -0.305. The lowest BCUT2D eigenvalue weighted by Gasteiger charge is -2.16. The van der Waals surface area contributed by atoms with E-state index in [-0.39, 0.29) is 18.5 Å². The van der Waals surface area contributed by atoms with Crippen molar-refractivity contribution in [2.45, 2.75) is 58.5 Å². The van der Waals surface area contributed by atoms with E-state index in [2.05, 4.69) is 18.6 Å². The summed E-state index contributed by atoms with van der Waals surface area (Å²) in [6.45, 7) is 4.26. The predicted molar refractivity (Wildman–Crippen MR) is 69.7 cm³/mol. The Morgan fingerprint density at radius 2 is 2.06 bits per heavy atom. The average molecular weight is 242 g/mol. The van der Waals surface area contributed by atoms with Crippen molar-refractivity contribution in [3.63, 3.8) is 0 Å². The van der Waals surface area contributed by atoms with Crippen molar-refractivity contribution in [1.29, 1.82) is 0 Å². The lowest BCUT2D eigenvalue weighted by atomic mass is 9.95. The zero-order valence-corrected chi connectivity index (χ0v) is 11.3. The van der Waals surface area contributed by atoms with Crippen molar-refractivity contribution in [2.75, 3.05) is 7.11 Å². The molecule has 0 aliphatic rings. The highest BCUT2D eigenvalue weighted by atomic mass is 16.5. The van der Waals surface area contributed by atoms with Gasteiger partial charge in [-0.25, -0.2) is 0 Å². The zero-order valence-electron chi connectivity index (χ0n) is 11.3. The molecule has 0 aromatic carbocycles. The van der Waals surface area contributed by atoms with Gasteiger partial charge >= 0.3 is 5.97 Å². The predicted octanol–water partition coefficient (Wildman–Crippen LogP) is 3.07. The molecule has 0 heterocycles. The van der Waals surface area contributed by atoms with Gasteiger partial charge in [0.05, 0.1) is 19.6 Å². The van der Waals surface area contributed by atoms with Crippen LogP contribution >= 0.6 is 0 Å². The van der Waals surface area contributed by atoms with Gasteiger partial charge in [-0.2, -0.15) is 0 Å². The van der Waals surface area contributed by atoms with Gasteiger partial charge in [0.1, 0.15) is 0 Å². The Hall–Kier alpha value is -0.830. The number of aliphatic hydroxyl groups is 1. The molecule has 0 amide bonds. The normalized spacial score (nSPS) is 14.8. The van der Waals surface area contributed by atoms with Gasteiger partial charge in [-0.05, 0) is 18.8 Å². The molecule has 2 unspecified atom stereocenters. The van der Waals surface area contributed by atoms with Crippen molar-refractivity contribution in [3.8, 4) is 0 Å². The number of hydrogen-bond donors (Lipinski definition) is 1. The first-order chi connectivity index (χ1) is 8.11. The maximum absolute atomic E-state index is 10.8. The summed E-state index contributed by atoms with van der Waals surface area (Å²) < 4.78 is 4.52. The number of ether oxygens (including phenoxy) is 1. The van der Waals surface area contributed by atoms with Crippen LogP contribution in [-0.2, 0) is 9.53 Å². The summed E-state index contributed by atoms with van der Waals surface area (Å²) >= 11 is 0. The summed E-state index contributed by atoms with van der Waals surface area (Å²) in [6, 6.07) is 0. The van der Waals surface area contributed by atoms with Crippen LogP contribution in [0.3, 0.4) is 0 Å². The molecule has 0 bridgehead atoms. The number of carbonyl (C=O) groups excluding carboxylic acids is 1. The Kier molecular flexibility index (Phi) is 9.83. The van der Waals surface area contributed by atoms with Crippen molar-refractivity contribution in [3.05, 3.63) is 12.2 Å². The standard InChI is InChI=1S/C14H26O3/c1-4-5-6-9-12(2)13(15)10-7-8-11-14(16)17-3/h7-8,12-13,15H,4-6,9-11H2,1-3H3/b8-7+. The summed E-state index contributed by atoms with van der Waals surface area (Å²) in [6.07, 6.45) is 8.90. The first kappa shape index (κ1) is 16.2. The van der Waals surface area contributed by atoms with Gasteiger partial charge in [0.15, 0.2) is 0 Å². The molecule has 0 aliphatic heterocycles. The molecule has 3 nitrogen and oxygen atoms in total. The Bertz CT molecular complexity index is 224. The zero-order chi connectivity index (χ0) is 13.1. The Morgan fingerprint density at radius 1 is 1.35 bits per heavy atom. The van der Waals surface area contributed by atoms with Gasteiger partial charge in [0, 0.05) is 0 Å². The number of hydrogen-bond acceptors (Lipinski definition) is 3. The third-order valence-corrected chi connectivity index (χ3v) is 2.98. The minimum absolute atomic E-state index is 0.244. The lowest BCUT2D eigenvalue weighted by Crippen LogP contribution is -2.16. The number of aliphatic hydroxyl groups excluding tert-OH is 1. The van der Waals surface area contributed by atoms with Gasteiger partial charge in [0.25, 0.3) is 0 Å². The Labute approximate surface area is 105 Å². The van der Waals surface area contributed by atoms with Crippen molar-refractivity contribution < 1.29 is 14.6 Å². The highest BCUT2D eigenvalue weighted by Crippen LogP contribution is 2.16. The first-order valence-corrected chi connectivity index (χ1v) is 6.51. The van der Waals surface area contributed by atoms with Crippen LogP contribution in [0.15, 0.2) is 12.2 Å². The largest absolute Gasteiger partial charge is 0.469 e. The second-order valence-corrected chi connectivity index (χ2v) is 4.53. The summed E-state index contributed by atoms with van der Waals surface area (Å²) in [7, 11) is 1.38. The molecule has 100 valence electrons. The maximum Gasteiger partial charge on any atom is 0.309 e. The van der Waals surface area contributed by atoms with Crippen LogP contribution in [0.4, 0.5) is 0 Å². The highest BCUT2D eigenvalue weighted by Gasteiger charge is 2.11. The van der Waals surface area contributed by atoms with Gasteiger partial charge in [-0.3, -0.25) is 4.79 Å². The van der Waals surface area contributed by atoms with E-state index in [1.165, 1.54) is 26.4 Å². The molecule has 0 fully saturated rings. The van der Waals surface area contributed by atoms with Crippen LogP contribution < -0.4 is 0 Å². The molecule has 0 aromatic heterocycles. The van der Waals surface area contributed by atoms with Crippen LogP contribution in [0.2, 0.25) is 0 Å². The summed E-state index contributed by atoms with van der Waals surface area (Å²) in [5, 5.41) is 9.87. The lowest BCUT2D eigenvalue weighted by molar-refractivity contribution is -0.139. The monoisotopic (exact) mass is 242 g/mol. The molecule has 0 saturated carbocycles. The van der Waals surface area contributed by atoms with E-state index in [0.717, 1.165) is 6.42 Å². The van der Waals surface area contributed by atoms with E-state index < -0.39 is 0 Å². The second kappa shape index (κ2) is 10.3. The van der Waals surface area contributed by atoms with Gasteiger partial charge < -0.3 is 9.84 Å². The molecule has 17 heavy (non-hydrogen) atoms. The fraction of sp³-hybridized carbons (Fsp3) is 0.786. The van der Waals surface area contributed by atoms with E-state index >= 15 is 0 Å². The van der Waals surface area contributed by atoms with Crippen LogP contribution in [0.1, 0.15) is 52.4 Å². The van der Waals surface area contributed by atoms with Crippen LogP contribution in [-0.4, -0.2) is 24.3 Å². The van der Waals surface area contributed by atoms with Crippen LogP contribution in [0.25, 0.3) is 0 Å². The molecule has 0 spiro atoms. The number of methoxy groups -OCH3 is 1. The van der Waals surface area contributed by atoms with Gasteiger partial charge in [-0.1, -0.05) is 45.3 Å². The molecular formula is C14H26O3. The quantitative estimate of drug-likeness (QED) is 0.384. The van der Waals surface area contributed by atoms with E-state index in [9.17, 15) is 9.90 Å². The second-order valence-electron chi connectivity index (χ2n) is 4.53. The summed E-state index contributed by atoms with van der Waals surface area (Å²) in [4.78, 5) is 10.8. The summed E-state index contributed by atoms with van der Waals surface area (Å²) in [5.74, 6) is 0.0797. The number of carbonyl (C=O) groups is 1. The molecule has 1 N–H and O–H groups in total. The summed E-state index contributed by atoms with van der Waals surface area (Å²) in [5.41, 5.74) is 0. The van der Waals surface area contributed by atoms with E-state index in [1.54, 1.807) is 6.08 Å². The van der Waals surface area contributed by atoms with Crippen molar-refractivity contribution in [2.24, 2.45) is 5.92 Å². The topological polar surface area (TPSA) is 46.5 Å². The fourth-order valence-corrected chi connectivity index (χ4v) is 1.64. The van der Waals surface area contributed by atoms with Gasteiger partial charge in [-0.15, -0.1) is 0 Å². The number of unbranched alkanes of at least 4 members (excludes halogenated alkanes) is 2. The first-order valence-electron chi connectivity index (χ1n) is 6.51. The van der Waals surface area contributed by atoms with Crippen LogP contribution in [0, 0.1) is 5.92 Å². The molecule has 0 saturated heterocycles. The van der Waals surface area contributed by atoms with E-state index in [1.807, 2.05) is 6.08 Å². The van der Waals surface area contributed by atoms with Crippen molar-refractivity contribution >= 4 is 5.97 Å². The SMILES string of the molecule is CCCCCC(C)C(O)C/C=C/CC(=O)OC. The fourth-order valence-electron chi connectivity index (χ4n) is 1.64. The molecule has 0 rings (SSSR count). The number of rotatable bonds is 9. The van der Waals surface area contributed by atoms with Crippen LogP contribution in [0.5, 0.6) is 0 Å². The van der Waals surface area contributed by atoms with Gasteiger partial charge in [0.2, 0.25) is 0 Å². The van der Waals surface area contributed by atoms with E-state index in [4.69, 9.17) is 0 Å². The van der Waals surface area contributed by atoms with Crippen molar-refractivity contribution in [1.82, 2.24) is 0 Å². The molecular weight excluding hydrogens is 216 g/mol. The third kappa shape index (κ3) is 8.93.